The van der Waals surface area contributed by atoms with E-state index in [4.69, 9.17) is 4.74 Å². The number of nitrogens with zero attached hydrogens (tertiary/aromatic N) is 2. The standard InChI is InChI=1S/C14H22N4O/c1-10-8-12(19-2)18-13(16-10)17-11-4-7-15-14(9-11)5-3-6-14/h8,11,15H,3-7,9H2,1-2H3,(H,16,17,18). The SMILES string of the molecule is COc1cc(C)nc(NC2CCNC3(CCC3)C2)n1. The molecule has 2 aliphatic rings. The molecule has 1 aliphatic heterocycles. The number of anilines is 1. The number of aromatic nitrogens is 2. The quantitative estimate of drug-likeness (QED) is 0.871. The van der Waals surface area contributed by atoms with Crippen LogP contribution in [0.1, 0.15) is 37.8 Å². The first-order valence-corrected chi connectivity index (χ1v) is 7.10. The Bertz CT molecular complexity index is 459. The molecule has 19 heavy (non-hydrogen) atoms. The highest BCUT2D eigenvalue weighted by Crippen LogP contribution is 2.38. The molecule has 1 aromatic heterocycles. The van der Waals surface area contributed by atoms with Crippen LogP contribution >= 0.6 is 0 Å². The van der Waals surface area contributed by atoms with Gasteiger partial charge in [-0.3, -0.25) is 0 Å². The maximum Gasteiger partial charge on any atom is 0.226 e. The van der Waals surface area contributed by atoms with Gasteiger partial charge in [0.25, 0.3) is 0 Å². The van der Waals surface area contributed by atoms with E-state index in [0.717, 1.165) is 18.7 Å². The fourth-order valence-corrected chi connectivity index (χ4v) is 3.16. The van der Waals surface area contributed by atoms with E-state index in [0.29, 0.717) is 23.4 Å². The van der Waals surface area contributed by atoms with Crippen molar-refractivity contribution in [1.29, 1.82) is 0 Å². The van der Waals surface area contributed by atoms with Gasteiger partial charge in [-0.15, -0.1) is 0 Å². The van der Waals surface area contributed by atoms with Gasteiger partial charge in [-0.2, -0.15) is 4.98 Å². The van der Waals surface area contributed by atoms with Crippen LogP contribution in [0.4, 0.5) is 5.95 Å². The molecule has 1 aliphatic carbocycles. The highest BCUT2D eigenvalue weighted by molar-refractivity contribution is 5.32. The van der Waals surface area contributed by atoms with E-state index < -0.39 is 0 Å². The molecule has 1 aromatic rings. The number of aryl methyl sites for hydroxylation is 1. The highest BCUT2D eigenvalue weighted by atomic mass is 16.5. The summed E-state index contributed by atoms with van der Waals surface area (Å²) in [5.41, 5.74) is 1.32. The first-order chi connectivity index (χ1) is 9.19. The number of piperidine rings is 1. The van der Waals surface area contributed by atoms with E-state index in [2.05, 4.69) is 20.6 Å². The van der Waals surface area contributed by atoms with Gasteiger partial charge >= 0.3 is 0 Å². The summed E-state index contributed by atoms with van der Waals surface area (Å²) in [7, 11) is 1.64. The normalized spacial score (nSPS) is 24.8. The van der Waals surface area contributed by atoms with E-state index in [1.54, 1.807) is 7.11 Å². The lowest BCUT2D eigenvalue weighted by atomic mass is 9.70. The second-order valence-electron chi connectivity index (χ2n) is 5.77. The van der Waals surface area contributed by atoms with Gasteiger partial charge in [-0.25, -0.2) is 4.98 Å². The molecule has 1 atom stereocenters. The van der Waals surface area contributed by atoms with Crippen LogP contribution in [0.3, 0.4) is 0 Å². The molecule has 3 rings (SSSR count). The maximum atomic E-state index is 5.19. The van der Waals surface area contributed by atoms with Gasteiger partial charge in [0.15, 0.2) is 0 Å². The summed E-state index contributed by atoms with van der Waals surface area (Å²) in [5.74, 6) is 1.32. The molecule has 0 bridgehead atoms. The van der Waals surface area contributed by atoms with E-state index in [9.17, 15) is 0 Å². The topological polar surface area (TPSA) is 59.1 Å². The Morgan fingerprint density at radius 3 is 2.95 bits per heavy atom. The fraction of sp³-hybridized carbons (Fsp3) is 0.714. The summed E-state index contributed by atoms with van der Waals surface area (Å²) >= 11 is 0. The summed E-state index contributed by atoms with van der Waals surface area (Å²) in [6.45, 7) is 3.05. The van der Waals surface area contributed by atoms with Gasteiger partial charge < -0.3 is 15.4 Å². The third kappa shape index (κ3) is 2.66. The van der Waals surface area contributed by atoms with Gasteiger partial charge in [0.2, 0.25) is 11.8 Å². The van der Waals surface area contributed by atoms with Crippen molar-refractivity contribution in [1.82, 2.24) is 15.3 Å². The Morgan fingerprint density at radius 2 is 2.26 bits per heavy atom. The summed E-state index contributed by atoms with van der Waals surface area (Å²) in [6.07, 6.45) is 6.27. The summed E-state index contributed by atoms with van der Waals surface area (Å²) in [6, 6.07) is 2.31. The molecule has 2 fully saturated rings. The lowest BCUT2D eigenvalue weighted by Crippen LogP contribution is -2.58. The van der Waals surface area contributed by atoms with Crippen LogP contribution in [-0.2, 0) is 0 Å². The van der Waals surface area contributed by atoms with Gasteiger partial charge in [-0.05, 0) is 45.6 Å². The van der Waals surface area contributed by atoms with E-state index in [1.807, 2.05) is 13.0 Å². The first kappa shape index (κ1) is 12.7. The lowest BCUT2D eigenvalue weighted by molar-refractivity contribution is 0.135. The van der Waals surface area contributed by atoms with Crippen LogP contribution < -0.4 is 15.4 Å². The average Bonchev–Trinajstić information content (AvgIpc) is 2.36. The molecule has 2 N–H and O–H groups in total. The van der Waals surface area contributed by atoms with Gasteiger partial charge in [0, 0.05) is 23.3 Å². The van der Waals surface area contributed by atoms with E-state index in [1.165, 1.54) is 25.7 Å². The van der Waals surface area contributed by atoms with E-state index >= 15 is 0 Å². The molecule has 1 saturated carbocycles. The zero-order valence-electron chi connectivity index (χ0n) is 11.7. The molecule has 1 saturated heterocycles. The molecule has 1 spiro atoms. The van der Waals surface area contributed by atoms with Crippen molar-refractivity contribution >= 4 is 5.95 Å². The third-order valence-electron chi connectivity index (χ3n) is 4.31. The predicted octanol–water partition coefficient (Wildman–Crippen LogP) is 1.88. The third-order valence-corrected chi connectivity index (χ3v) is 4.31. The Labute approximate surface area is 114 Å². The minimum absolute atomic E-state index is 0.393. The summed E-state index contributed by atoms with van der Waals surface area (Å²) in [4.78, 5) is 8.82. The van der Waals surface area contributed by atoms with Gasteiger partial charge in [-0.1, -0.05) is 0 Å². The van der Waals surface area contributed by atoms with Crippen molar-refractivity contribution < 1.29 is 4.74 Å². The molecular weight excluding hydrogens is 240 g/mol. The van der Waals surface area contributed by atoms with Crippen LogP contribution in [0.25, 0.3) is 0 Å². The second kappa shape index (κ2) is 4.96. The smallest absolute Gasteiger partial charge is 0.226 e. The minimum Gasteiger partial charge on any atom is -0.481 e. The Kier molecular flexibility index (Phi) is 3.31. The maximum absolute atomic E-state index is 5.19. The molecule has 5 heteroatoms. The number of methoxy groups -OCH3 is 1. The summed E-state index contributed by atoms with van der Waals surface area (Å²) in [5, 5.41) is 7.15. The number of nitrogens with one attached hydrogen (secondary N) is 2. The Morgan fingerprint density at radius 1 is 1.42 bits per heavy atom. The van der Waals surface area contributed by atoms with Crippen LogP contribution in [0.5, 0.6) is 5.88 Å². The van der Waals surface area contributed by atoms with Gasteiger partial charge in [0.1, 0.15) is 0 Å². The zero-order valence-corrected chi connectivity index (χ0v) is 11.7. The monoisotopic (exact) mass is 262 g/mol. The largest absolute Gasteiger partial charge is 0.481 e. The van der Waals surface area contributed by atoms with Crippen LogP contribution in [-0.4, -0.2) is 35.2 Å². The van der Waals surface area contributed by atoms with Crippen LogP contribution in [0.2, 0.25) is 0 Å². The minimum atomic E-state index is 0.393. The highest BCUT2D eigenvalue weighted by Gasteiger charge is 2.40. The molecule has 0 aromatic carbocycles. The average molecular weight is 262 g/mol. The van der Waals surface area contributed by atoms with Crippen molar-refractivity contribution in [3.63, 3.8) is 0 Å². The number of hydrogen-bond acceptors (Lipinski definition) is 5. The molecule has 2 heterocycles. The number of hydrogen-bond donors (Lipinski definition) is 2. The van der Waals surface area contributed by atoms with Crippen molar-refractivity contribution in [2.75, 3.05) is 19.0 Å². The number of ether oxygens (including phenoxy) is 1. The fourth-order valence-electron chi connectivity index (χ4n) is 3.16. The zero-order chi connectivity index (χ0) is 13.3. The van der Waals surface area contributed by atoms with Crippen molar-refractivity contribution in [2.24, 2.45) is 0 Å². The predicted molar refractivity (Wildman–Crippen MR) is 74.6 cm³/mol. The molecule has 1 unspecified atom stereocenters. The van der Waals surface area contributed by atoms with Crippen LogP contribution in [0.15, 0.2) is 6.07 Å². The van der Waals surface area contributed by atoms with Crippen molar-refractivity contribution in [3.05, 3.63) is 11.8 Å². The van der Waals surface area contributed by atoms with Crippen LogP contribution in [0, 0.1) is 6.92 Å². The van der Waals surface area contributed by atoms with Crippen molar-refractivity contribution in [2.45, 2.75) is 50.6 Å². The van der Waals surface area contributed by atoms with E-state index in [-0.39, 0.29) is 0 Å². The number of rotatable bonds is 3. The molecular formula is C14H22N4O. The summed E-state index contributed by atoms with van der Waals surface area (Å²) < 4.78 is 5.19. The molecule has 0 radical (unpaired) electrons. The Balaban J connectivity index is 1.68. The van der Waals surface area contributed by atoms with Gasteiger partial charge in [0.05, 0.1) is 7.11 Å². The molecule has 0 amide bonds. The Hall–Kier alpha value is -1.36. The van der Waals surface area contributed by atoms with Crippen molar-refractivity contribution in [3.8, 4) is 5.88 Å². The molecule has 5 nitrogen and oxygen atoms in total. The first-order valence-electron chi connectivity index (χ1n) is 7.10. The molecule has 104 valence electrons. The second-order valence-corrected chi connectivity index (χ2v) is 5.77. The lowest BCUT2D eigenvalue weighted by Gasteiger charge is -2.48.